The molecule has 1 amide bonds. The summed E-state index contributed by atoms with van der Waals surface area (Å²) in [7, 11) is -3.54. The Morgan fingerprint density at radius 3 is 2.57 bits per heavy atom. The highest BCUT2D eigenvalue weighted by Gasteiger charge is 2.28. The van der Waals surface area contributed by atoms with Crippen molar-refractivity contribution in [2.24, 2.45) is 0 Å². The summed E-state index contributed by atoms with van der Waals surface area (Å²) in [6, 6.07) is 8.08. The Kier molecular flexibility index (Phi) is 7.31. The van der Waals surface area contributed by atoms with Crippen LogP contribution in [0.3, 0.4) is 0 Å². The number of amides is 1. The van der Waals surface area contributed by atoms with Gasteiger partial charge >= 0.3 is 5.97 Å². The summed E-state index contributed by atoms with van der Waals surface area (Å²) in [5.41, 5.74) is 1.40. The number of nitrogens with one attached hydrogen (secondary N) is 1. The van der Waals surface area contributed by atoms with E-state index in [2.05, 4.69) is 5.32 Å². The van der Waals surface area contributed by atoms with Crippen LogP contribution in [0.15, 0.2) is 35.2 Å². The Morgan fingerprint density at radius 2 is 1.87 bits per heavy atom. The van der Waals surface area contributed by atoms with Gasteiger partial charge in [0.2, 0.25) is 5.91 Å². The van der Waals surface area contributed by atoms with Crippen LogP contribution >= 0.6 is 11.3 Å². The number of hydrogen-bond donors (Lipinski definition) is 1. The molecule has 0 spiro atoms. The van der Waals surface area contributed by atoms with Gasteiger partial charge in [0.15, 0.2) is 9.84 Å². The molecule has 0 fully saturated rings. The minimum absolute atomic E-state index is 0.181. The van der Waals surface area contributed by atoms with Crippen molar-refractivity contribution in [2.45, 2.75) is 63.4 Å². The van der Waals surface area contributed by atoms with Crippen LogP contribution in [0.25, 0.3) is 0 Å². The number of aryl methyl sites for hydroxylation is 1. The van der Waals surface area contributed by atoms with E-state index >= 15 is 0 Å². The Morgan fingerprint density at radius 1 is 1.17 bits per heavy atom. The zero-order valence-electron chi connectivity index (χ0n) is 17.3. The van der Waals surface area contributed by atoms with Gasteiger partial charge in [-0.3, -0.25) is 4.79 Å². The van der Waals surface area contributed by atoms with Crippen molar-refractivity contribution in [2.75, 3.05) is 11.1 Å². The maximum atomic E-state index is 12.8. The Hall–Kier alpha value is -2.19. The number of hydrogen-bond acceptors (Lipinski definition) is 6. The first-order valence-corrected chi connectivity index (χ1v) is 12.7. The molecular weight excluding hydrogens is 422 g/mol. The predicted molar refractivity (Wildman–Crippen MR) is 118 cm³/mol. The molecule has 3 rings (SSSR count). The average molecular weight is 450 g/mol. The van der Waals surface area contributed by atoms with Crippen LogP contribution in [-0.4, -0.2) is 32.2 Å². The van der Waals surface area contributed by atoms with Gasteiger partial charge in [-0.05, 0) is 56.7 Å². The van der Waals surface area contributed by atoms with Crippen LogP contribution in [0.2, 0.25) is 0 Å². The van der Waals surface area contributed by atoms with E-state index in [9.17, 15) is 18.0 Å². The summed E-state index contributed by atoms with van der Waals surface area (Å²) in [5.74, 6) is -1.14. The fourth-order valence-electron chi connectivity index (χ4n) is 3.36. The molecule has 1 atom stereocenters. The molecule has 1 aromatic carbocycles. The molecule has 1 heterocycles. The van der Waals surface area contributed by atoms with Crippen molar-refractivity contribution >= 4 is 38.1 Å². The molecule has 162 valence electrons. The standard InChI is InChI=1S/C22H27NO5S2/c1-3-15(2)28-22(25)20-17-11-7-8-12-18(17)29-21(20)23-19(24)13-14-30(26,27)16-9-5-4-6-10-16/h4-6,9-10,15H,3,7-8,11-14H2,1-2H3,(H,23,24)/t15-/m1/s1. The lowest BCUT2D eigenvalue weighted by Gasteiger charge is -2.15. The molecule has 0 aliphatic heterocycles. The van der Waals surface area contributed by atoms with E-state index in [-0.39, 0.29) is 23.2 Å². The van der Waals surface area contributed by atoms with Gasteiger partial charge in [0.05, 0.1) is 22.3 Å². The third-order valence-corrected chi connectivity index (χ3v) is 8.15. The highest BCUT2D eigenvalue weighted by atomic mass is 32.2. The number of fused-ring (bicyclic) bond motifs is 1. The molecule has 0 saturated heterocycles. The third kappa shape index (κ3) is 5.29. The van der Waals surface area contributed by atoms with E-state index in [1.54, 1.807) is 18.2 Å². The molecule has 1 N–H and O–H groups in total. The molecule has 0 unspecified atom stereocenters. The number of anilines is 1. The number of benzene rings is 1. The van der Waals surface area contributed by atoms with E-state index in [1.807, 2.05) is 13.8 Å². The summed E-state index contributed by atoms with van der Waals surface area (Å²) in [5, 5.41) is 3.25. The number of esters is 1. The van der Waals surface area contributed by atoms with Gasteiger partial charge in [-0.1, -0.05) is 25.1 Å². The first kappa shape index (κ1) is 22.5. The van der Waals surface area contributed by atoms with Crippen molar-refractivity contribution in [1.82, 2.24) is 0 Å². The molecule has 30 heavy (non-hydrogen) atoms. The predicted octanol–water partition coefficient (Wildman–Crippen LogP) is 4.38. The Labute approximate surface area is 181 Å². The summed E-state index contributed by atoms with van der Waals surface area (Å²) >= 11 is 1.40. The normalized spacial score (nSPS) is 14.6. The van der Waals surface area contributed by atoms with Crippen LogP contribution in [0.1, 0.15) is 60.3 Å². The summed E-state index contributed by atoms with van der Waals surface area (Å²) < 4.78 is 30.4. The lowest BCUT2D eigenvalue weighted by atomic mass is 9.95. The first-order valence-electron chi connectivity index (χ1n) is 10.2. The van der Waals surface area contributed by atoms with Gasteiger partial charge in [-0.15, -0.1) is 11.3 Å². The van der Waals surface area contributed by atoms with Crippen molar-refractivity contribution < 1.29 is 22.7 Å². The van der Waals surface area contributed by atoms with Gasteiger partial charge in [-0.25, -0.2) is 13.2 Å². The minimum Gasteiger partial charge on any atom is -0.459 e. The summed E-state index contributed by atoms with van der Waals surface area (Å²) in [4.78, 5) is 26.6. The Bertz CT molecular complexity index is 1010. The van der Waals surface area contributed by atoms with E-state index < -0.39 is 21.7 Å². The third-order valence-electron chi connectivity index (χ3n) is 5.21. The highest BCUT2D eigenvalue weighted by Crippen LogP contribution is 2.39. The van der Waals surface area contributed by atoms with E-state index in [1.165, 1.54) is 23.5 Å². The lowest BCUT2D eigenvalue weighted by molar-refractivity contribution is -0.115. The first-order chi connectivity index (χ1) is 14.3. The van der Waals surface area contributed by atoms with Gasteiger partial charge in [-0.2, -0.15) is 0 Å². The monoisotopic (exact) mass is 449 g/mol. The summed E-state index contributed by atoms with van der Waals surface area (Å²) in [6.45, 7) is 3.78. The smallest absolute Gasteiger partial charge is 0.341 e. The van der Waals surface area contributed by atoms with Gasteiger partial charge < -0.3 is 10.1 Å². The van der Waals surface area contributed by atoms with Crippen molar-refractivity contribution in [3.63, 3.8) is 0 Å². The highest BCUT2D eigenvalue weighted by molar-refractivity contribution is 7.91. The minimum atomic E-state index is -3.54. The second kappa shape index (κ2) is 9.75. The SMILES string of the molecule is CC[C@@H](C)OC(=O)c1c(NC(=O)CCS(=O)(=O)c2ccccc2)sc2c1CCCC2. The molecule has 0 saturated carbocycles. The molecule has 1 aliphatic carbocycles. The van der Waals surface area contributed by atoms with Crippen LogP contribution in [-0.2, 0) is 32.2 Å². The van der Waals surface area contributed by atoms with Gasteiger partial charge in [0.25, 0.3) is 0 Å². The van der Waals surface area contributed by atoms with Crippen LogP contribution in [0, 0.1) is 0 Å². The van der Waals surface area contributed by atoms with Crippen LogP contribution in [0.5, 0.6) is 0 Å². The van der Waals surface area contributed by atoms with Gasteiger partial charge in [0.1, 0.15) is 5.00 Å². The molecule has 6 nitrogen and oxygen atoms in total. The van der Waals surface area contributed by atoms with Crippen LogP contribution < -0.4 is 5.32 Å². The van der Waals surface area contributed by atoms with Crippen molar-refractivity contribution in [3.05, 3.63) is 46.3 Å². The van der Waals surface area contributed by atoms with E-state index in [0.717, 1.165) is 36.1 Å². The topological polar surface area (TPSA) is 89.5 Å². The van der Waals surface area contributed by atoms with Crippen LogP contribution in [0.4, 0.5) is 5.00 Å². The molecule has 0 radical (unpaired) electrons. The fraction of sp³-hybridized carbons (Fsp3) is 0.455. The second-order valence-corrected chi connectivity index (χ2v) is 10.7. The van der Waals surface area contributed by atoms with E-state index in [0.29, 0.717) is 17.0 Å². The number of ether oxygens (including phenoxy) is 1. The zero-order chi connectivity index (χ0) is 21.7. The average Bonchev–Trinajstić information content (AvgIpc) is 3.10. The number of carbonyl (C=O) groups excluding carboxylic acids is 2. The number of rotatable bonds is 8. The Balaban J connectivity index is 1.74. The fourth-order valence-corrected chi connectivity index (χ4v) is 5.91. The van der Waals surface area contributed by atoms with Crippen molar-refractivity contribution in [1.29, 1.82) is 0 Å². The zero-order valence-corrected chi connectivity index (χ0v) is 18.9. The quantitative estimate of drug-likeness (QED) is 0.604. The number of sulfone groups is 1. The lowest BCUT2D eigenvalue weighted by Crippen LogP contribution is -2.20. The van der Waals surface area contributed by atoms with Gasteiger partial charge in [0, 0.05) is 11.3 Å². The summed E-state index contributed by atoms with van der Waals surface area (Å²) in [6.07, 6.45) is 4.02. The second-order valence-electron chi connectivity index (χ2n) is 7.47. The van der Waals surface area contributed by atoms with Crippen molar-refractivity contribution in [3.8, 4) is 0 Å². The largest absolute Gasteiger partial charge is 0.459 e. The maximum Gasteiger partial charge on any atom is 0.341 e. The molecule has 1 aromatic heterocycles. The van der Waals surface area contributed by atoms with E-state index in [4.69, 9.17) is 4.74 Å². The molecular formula is C22H27NO5S2. The number of thiophene rings is 1. The number of carbonyl (C=O) groups is 2. The molecule has 0 bridgehead atoms. The molecule has 2 aromatic rings. The maximum absolute atomic E-state index is 12.8. The molecule has 8 heteroatoms. The molecule has 1 aliphatic rings.